The van der Waals surface area contributed by atoms with Gasteiger partial charge in [0.25, 0.3) is 0 Å². The minimum absolute atomic E-state index is 0.562. The van der Waals surface area contributed by atoms with Crippen molar-refractivity contribution in [1.29, 1.82) is 0 Å². The Hall–Kier alpha value is -3.00. The van der Waals surface area contributed by atoms with Crippen molar-refractivity contribution in [2.45, 2.75) is 4.90 Å². The van der Waals surface area contributed by atoms with E-state index in [1.165, 1.54) is 4.90 Å². The molecule has 1 aliphatic rings. The van der Waals surface area contributed by atoms with E-state index in [-0.39, 0.29) is 0 Å². The van der Waals surface area contributed by atoms with Crippen molar-refractivity contribution in [2.24, 2.45) is 0 Å². The summed E-state index contributed by atoms with van der Waals surface area (Å²) in [7, 11) is 2.02. The maximum absolute atomic E-state index is 11.6. The van der Waals surface area contributed by atoms with Crippen molar-refractivity contribution in [3.8, 4) is 11.1 Å². The number of benzene rings is 3. The number of allylic oxidation sites excluding steroid dienone is 2. The molecule has 126 valence electrons. The fraction of sp³-hybridized carbons (Fsp3) is 0.0435. The van der Waals surface area contributed by atoms with Crippen LogP contribution in [0.4, 0.5) is 5.69 Å². The lowest BCUT2D eigenvalue weighted by atomic mass is 10.0. The van der Waals surface area contributed by atoms with Gasteiger partial charge in [0.05, 0.1) is 16.3 Å². The zero-order valence-electron chi connectivity index (χ0n) is 14.3. The number of hydrogen-bond donors (Lipinski definition) is 0. The Morgan fingerprint density at radius 1 is 0.885 bits per heavy atom. The van der Waals surface area contributed by atoms with Crippen LogP contribution in [0.5, 0.6) is 0 Å². The van der Waals surface area contributed by atoms with Gasteiger partial charge in [0.2, 0.25) is 0 Å². The molecular formula is C23H17NOS. The SMILES string of the molecule is CN1C(=CC(=C=O)c2ccc(-c3ccccc3)cc2)Sc2ccccc21. The molecule has 0 fully saturated rings. The minimum atomic E-state index is 0.562. The van der Waals surface area contributed by atoms with Crippen LogP contribution >= 0.6 is 11.8 Å². The molecule has 0 atom stereocenters. The standard InChI is InChI=1S/C23H17NOS/c1-24-21-9-5-6-10-22(21)26-23(24)15-20(16-25)19-13-11-18(12-14-19)17-7-3-2-4-8-17/h2-15H,1H3. The summed E-state index contributed by atoms with van der Waals surface area (Å²) >= 11 is 1.67. The van der Waals surface area contributed by atoms with Gasteiger partial charge in [0.15, 0.2) is 0 Å². The third-order valence-corrected chi connectivity index (χ3v) is 5.62. The summed E-state index contributed by atoms with van der Waals surface area (Å²) in [5.74, 6) is 2.10. The van der Waals surface area contributed by atoms with Crippen LogP contribution in [0.2, 0.25) is 0 Å². The summed E-state index contributed by atoms with van der Waals surface area (Å²) in [6, 6.07) is 26.5. The molecule has 0 aliphatic carbocycles. The average molecular weight is 355 g/mol. The Morgan fingerprint density at radius 3 is 2.23 bits per heavy atom. The Kier molecular flexibility index (Phi) is 4.49. The first kappa shape index (κ1) is 16.5. The molecule has 0 saturated carbocycles. The fourth-order valence-corrected chi connectivity index (χ4v) is 4.11. The van der Waals surface area contributed by atoms with Gasteiger partial charge in [-0.15, -0.1) is 0 Å². The molecule has 0 aromatic heterocycles. The molecule has 0 saturated heterocycles. The van der Waals surface area contributed by atoms with Crippen molar-refractivity contribution in [3.63, 3.8) is 0 Å². The summed E-state index contributed by atoms with van der Waals surface area (Å²) in [6.07, 6.45) is 1.91. The van der Waals surface area contributed by atoms with E-state index in [4.69, 9.17) is 0 Å². The molecule has 0 spiro atoms. The van der Waals surface area contributed by atoms with Gasteiger partial charge in [-0.25, -0.2) is 4.79 Å². The van der Waals surface area contributed by atoms with Gasteiger partial charge in [-0.2, -0.15) is 0 Å². The molecule has 3 aromatic carbocycles. The van der Waals surface area contributed by atoms with Crippen LogP contribution in [0.3, 0.4) is 0 Å². The number of para-hydroxylation sites is 1. The molecule has 2 nitrogen and oxygen atoms in total. The highest BCUT2D eigenvalue weighted by atomic mass is 32.2. The predicted octanol–water partition coefficient (Wildman–Crippen LogP) is 5.65. The molecule has 0 radical (unpaired) electrons. The monoisotopic (exact) mass is 355 g/mol. The zero-order valence-corrected chi connectivity index (χ0v) is 15.2. The molecule has 3 aromatic rings. The molecule has 1 heterocycles. The number of nitrogens with zero attached hydrogens (tertiary/aromatic N) is 1. The van der Waals surface area contributed by atoms with Crippen molar-refractivity contribution in [2.75, 3.05) is 11.9 Å². The second-order valence-electron chi connectivity index (χ2n) is 6.07. The van der Waals surface area contributed by atoms with Crippen LogP contribution in [0.25, 0.3) is 16.7 Å². The predicted molar refractivity (Wildman–Crippen MR) is 110 cm³/mol. The zero-order chi connectivity index (χ0) is 17.9. The van der Waals surface area contributed by atoms with Crippen molar-refractivity contribution in [3.05, 3.63) is 95.5 Å². The minimum Gasteiger partial charge on any atom is -0.338 e. The molecule has 3 heteroatoms. The Bertz CT molecular complexity index is 1020. The lowest BCUT2D eigenvalue weighted by Crippen LogP contribution is -2.09. The maximum Gasteiger partial charge on any atom is 0.133 e. The summed E-state index contributed by atoms with van der Waals surface area (Å²) in [5, 5.41) is 1.02. The topological polar surface area (TPSA) is 20.3 Å². The smallest absolute Gasteiger partial charge is 0.133 e. The molecule has 0 unspecified atom stereocenters. The lowest BCUT2D eigenvalue weighted by molar-refractivity contribution is 0.569. The quantitative estimate of drug-likeness (QED) is 0.566. The van der Waals surface area contributed by atoms with E-state index in [9.17, 15) is 4.79 Å². The first-order chi connectivity index (χ1) is 12.8. The van der Waals surface area contributed by atoms with E-state index in [1.807, 2.05) is 67.7 Å². The van der Waals surface area contributed by atoms with E-state index in [2.05, 4.69) is 35.1 Å². The summed E-state index contributed by atoms with van der Waals surface area (Å²) in [6.45, 7) is 0. The number of fused-ring (bicyclic) bond motifs is 1. The molecule has 0 N–H and O–H groups in total. The van der Waals surface area contributed by atoms with Crippen LogP contribution in [0.15, 0.2) is 94.9 Å². The van der Waals surface area contributed by atoms with E-state index in [1.54, 1.807) is 11.8 Å². The summed E-state index contributed by atoms with van der Waals surface area (Å²) < 4.78 is 0. The number of anilines is 1. The highest BCUT2D eigenvalue weighted by Gasteiger charge is 2.21. The van der Waals surface area contributed by atoms with Crippen molar-refractivity contribution in [1.82, 2.24) is 0 Å². The molecule has 0 amide bonds. The third-order valence-electron chi connectivity index (χ3n) is 4.45. The first-order valence-electron chi connectivity index (χ1n) is 8.39. The normalized spacial score (nSPS) is 14.2. The van der Waals surface area contributed by atoms with Gasteiger partial charge in [0, 0.05) is 11.9 Å². The van der Waals surface area contributed by atoms with Gasteiger partial charge in [-0.1, -0.05) is 78.5 Å². The van der Waals surface area contributed by atoms with Crippen LogP contribution < -0.4 is 4.90 Å². The van der Waals surface area contributed by atoms with E-state index >= 15 is 0 Å². The second-order valence-corrected chi connectivity index (χ2v) is 7.13. The van der Waals surface area contributed by atoms with Crippen LogP contribution in [-0.2, 0) is 4.79 Å². The van der Waals surface area contributed by atoms with E-state index in [0.717, 1.165) is 27.4 Å². The molecule has 0 bridgehead atoms. The fourth-order valence-electron chi connectivity index (χ4n) is 3.01. The Morgan fingerprint density at radius 2 is 1.54 bits per heavy atom. The largest absolute Gasteiger partial charge is 0.338 e. The Labute approximate surface area is 157 Å². The third kappa shape index (κ3) is 3.11. The molecule has 26 heavy (non-hydrogen) atoms. The second kappa shape index (κ2) is 7.09. The highest BCUT2D eigenvalue weighted by molar-refractivity contribution is 8.03. The average Bonchev–Trinajstić information content (AvgIpc) is 3.03. The van der Waals surface area contributed by atoms with Gasteiger partial charge in [-0.05, 0) is 34.9 Å². The van der Waals surface area contributed by atoms with Crippen LogP contribution in [0.1, 0.15) is 5.56 Å². The lowest BCUT2D eigenvalue weighted by Gasteiger charge is -2.13. The number of hydrogen-bond acceptors (Lipinski definition) is 3. The van der Waals surface area contributed by atoms with Gasteiger partial charge < -0.3 is 4.90 Å². The van der Waals surface area contributed by atoms with Gasteiger partial charge in [-0.3, -0.25) is 0 Å². The molecular weight excluding hydrogens is 338 g/mol. The maximum atomic E-state index is 11.6. The number of rotatable bonds is 3. The number of carbonyl (C=O) groups excluding carboxylic acids is 1. The summed E-state index contributed by atoms with van der Waals surface area (Å²) in [5.41, 5.74) is 4.89. The van der Waals surface area contributed by atoms with Gasteiger partial charge in [0.1, 0.15) is 5.94 Å². The first-order valence-corrected chi connectivity index (χ1v) is 9.21. The van der Waals surface area contributed by atoms with Crippen LogP contribution in [0, 0.1) is 0 Å². The molecule has 4 rings (SSSR count). The molecule has 1 aliphatic heterocycles. The highest BCUT2D eigenvalue weighted by Crippen LogP contribution is 2.45. The van der Waals surface area contributed by atoms with Crippen molar-refractivity contribution < 1.29 is 4.79 Å². The summed E-state index contributed by atoms with van der Waals surface area (Å²) in [4.78, 5) is 14.9. The van der Waals surface area contributed by atoms with Gasteiger partial charge >= 0.3 is 0 Å². The van der Waals surface area contributed by atoms with E-state index in [0.29, 0.717) is 5.57 Å². The van der Waals surface area contributed by atoms with Crippen LogP contribution in [-0.4, -0.2) is 13.0 Å². The van der Waals surface area contributed by atoms with E-state index < -0.39 is 0 Å². The Balaban J connectivity index is 1.62. The number of thioether (sulfide) groups is 1. The van der Waals surface area contributed by atoms with Crippen molar-refractivity contribution >= 4 is 29.0 Å².